The van der Waals surface area contributed by atoms with Crippen LogP contribution < -0.4 is 5.32 Å². The highest BCUT2D eigenvalue weighted by Crippen LogP contribution is 2.30. The average Bonchev–Trinajstić information content (AvgIpc) is 3.29. The lowest BCUT2D eigenvalue weighted by Crippen LogP contribution is -2.12. The van der Waals surface area contributed by atoms with E-state index in [1.54, 1.807) is 30.0 Å². The van der Waals surface area contributed by atoms with Crippen molar-refractivity contribution < 1.29 is 4.79 Å². The molecule has 1 aromatic heterocycles. The second kappa shape index (κ2) is 8.49. The molecule has 0 radical (unpaired) electrons. The predicted octanol–water partition coefficient (Wildman–Crippen LogP) is 4.41. The maximum atomic E-state index is 12.8. The fourth-order valence-electron chi connectivity index (χ4n) is 2.71. The molecule has 0 saturated carbocycles. The Hall–Kier alpha value is -3.45. The SMILES string of the molecule is O=C(Nc1ccccc1SCc1ccccc1)c1cccc(-c2nn[nH]n2)c1. The van der Waals surface area contributed by atoms with Crippen molar-refractivity contribution in [1.82, 2.24) is 20.6 Å². The third-order valence-corrected chi connectivity index (χ3v) is 5.25. The van der Waals surface area contributed by atoms with Gasteiger partial charge in [0.25, 0.3) is 5.91 Å². The van der Waals surface area contributed by atoms with Crippen LogP contribution in [0.1, 0.15) is 15.9 Å². The van der Waals surface area contributed by atoms with Gasteiger partial charge >= 0.3 is 0 Å². The summed E-state index contributed by atoms with van der Waals surface area (Å²) in [6.45, 7) is 0. The van der Waals surface area contributed by atoms with Crippen LogP contribution in [0.15, 0.2) is 83.8 Å². The number of thioether (sulfide) groups is 1. The molecule has 0 saturated heterocycles. The molecule has 0 spiro atoms. The molecule has 0 aliphatic rings. The molecular formula is C21H17N5OS. The minimum atomic E-state index is -0.182. The third kappa shape index (κ3) is 4.27. The number of para-hydroxylation sites is 1. The summed E-state index contributed by atoms with van der Waals surface area (Å²) in [4.78, 5) is 13.8. The highest BCUT2D eigenvalue weighted by Gasteiger charge is 2.12. The first-order valence-electron chi connectivity index (χ1n) is 8.70. The fourth-order valence-corrected chi connectivity index (χ4v) is 3.67. The van der Waals surface area contributed by atoms with Gasteiger partial charge in [-0.25, -0.2) is 0 Å². The average molecular weight is 387 g/mol. The summed E-state index contributed by atoms with van der Waals surface area (Å²) in [5.74, 6) is 1.10. The fraction of sp³-hybridized carbons (Fsp3) is 0.0476. The molecular weight excluding hydrogens is 370 g/mol. The van der Waals surface area contributed by atoms with Gasteiger partial charge in [0.1, 0.15) is 0 Å². The number of nitrogens with one attached hydrogen (secondary N) is 2. The van der Waals surface area contributed by atoms with Gasteiger partial charge in [0.2, 0.25) is 5.82 Å². The van der Waals surface area contributed by atoms with Crippen molar-refractivity contribution in [1.29, 1.82) is 0 Å². The molecule has 0 bridgehead atoms. The third-order valence-electron chi connectivity index (χ3n) is 4.10. The van der Waals surface area contributed by atoms with E-state index < -0.39 is 0 Å². The maximum absolute atomic E-state index is 12.8. The van der Waals surface area contributed by atoms with Crippen LogP contribution in [0.25, 0.3) is 11.4 Å². The van der Waals surface area contributed by atoms with Gasteiger partial charge in [-0.05, 0) is 35.0 Å². The number of tetrazole rings is 1. The Morgan fingerprint density at radius 3 is 2.61 bits per heavy atom. The Morgan fingerprint density at radius 1 is 0.964 bits per heavy atom. The van der Waals surface area contributed by atoms with Crippen molar-refractivity contribution in [3.63, 3.8) is 0 Å². The summed E-state index contributed by atoms with van der Waals surface area (Å²) in [5.41, 5.74) is 3.29. The highest BCUT2D eigenvalue weighted by molar-refractivity contribution is 7.98. The molecule has 6 nitrogen and oxygen atoms in total. The number of carbonyl (C=O) groups is 1. The standard InChI is InChI=1S/C21H17N5OS/c27-21(17-10-6-9-16(13-17)20-23-25-26-24-20)22-18-11-4-5-12-19(18)28-14-15-7-2-1-3-8-15/h1-13H,14H2,(H,22,27)(H,23,24,25,26). The Morgan fingerprint density at radius 2 is 1.79 bits per heavy atom. The Labute approximate surface area is 166 Å². The van der Waals surface area contributed by atoms with Gasteiger partial charge in [-0.15, -0.1) is 22.0 Å². The highest BCUT2D eigenvalue weighted by atomic mass is 32.2. The van der Waals surface area contributed by atoms with Crippen LogP contribution in [0.4, 0.5) is 5.69 Å². The quantitative estimate of drug-likeness (QED) is 0.479. The second-order valence-corrected chi connectivity index (χ2v) is 7.06. The van der Waals surface area contributed by atoms with Gasteiger partial charge in [0, 0.05) is 21.8 Å². The second-order valence-electron chi connectivity index (χ2n) is 6.04. The van der Waals surface area contributed by atoms with Crippen molar-refractivity contribution in [2.45, 2.75) is 10.6 Å². The van der Waals surface area contributed by atoms with Crippen molar-refractivity contribution in [2.24, 2.45) is 0 Å². The number of benzene rings is 3. The zero-order chi connectivity index (χ0) is 19.2. The Balaban J connectivity index is 1.50. The number of H-pyrrole nitrogens is 1. The molecule has 1 heterocycles. The van der Waals surface area contributed by atoms with E-state index >= 15 is 0 Å². The molecule has 0 fully saturated rings. The number of anilines is 1. The largest absolute Gasteiger partial charge is 0.321 e. The Kier molecular flexibility index (Phi) is 5.44. The molecule has 7 heteroatoms. The van der Waals surface area contributed by atoms with Gasteiger partial charge in [-0.1, -0.05) is 54.6 Å². The van der Waals surface area contributed by atoms with E-state index in [9.17, 15) is 4.79 Å². The smallest absolute Gasteiger partial charge is 0.255 e. The molecule has 0 atom stereocenters. The van der Waals surface area contributed by atoms with Gasteiger partial charge in [-0.3, -0.25) is 4.79 Å². The minimum Gasteiger partial charge on any atom is -0.321 e. The summed E-state index contributed by atoms with van der Waals surface area (Å²) in [5, 5.41) is 16.9. The van der Waals surface area contributed by atoms with Crippen molar-refractivity contribution in [3.8, 4) is 11.4 Å². The number of amides is 1. The zero-order valence-electron chi connectivity index (χ0n) is 14.9. The molecule has 138 valence electrons. The number of hydrogen-bond donors (Lipinski definition) is 2. The number of hydrogen-bond acceptors (Lipinski definition) is 5. The van der Waals surface area contributed by atoms with Crippen LogP contribution in [0, 0.1) is 0 Å². The number of carbonyl (C=O) groups excluding carboxylic acids is 1. The monoisotopic (exact) mass is 387 g/mol. The first-order valence-corrected chi connectivity index (χ1v) is 9.69. The van der Waals surface area contributed by atoms with Crippen LogP contribution >= 0.6 is 11.8 Å². The van der Waals surface area contributed by atoms with Gasteiger partial charge < -0.3 is 5.32 Å². The van der Waals surface area contributed by atoms with Crippen LogP contribution in [0.3, 0.4) is 0 Å². The molecule has 4 aromatic rings. The number of aromatic amines is 1. The molecule has 28 heavy (non-hydrogen) atoms. The van der Waals surface area contributed by atoms with E-state index in [-0.39, 0.29) is 5.91 Å². The normalized spacial score (nSPS) is 10.6. The number of aromatic nitrogens is 4. The van der Waals surface area contributed by atoms with E-state index in [4.69, 9.17) is 0 Å². The van der Waals surface area contributed by atoms with Crippen molar-refractivity contribution in [3.05, 3.63) is 90.0 Å². The zero-order valence-corrected chi connectivity index (χ0v) is 15.7. The van der Waals surface area contributed by atoms with Crippen LogP contribution in [-0.2, 0) is 5.75 Å². The summed E-state index contributed by atoms with van der Waals surface area (Å²) in [6, 6.07) is 25.2. The molecule has 0 aliphatic heterocycles. The van der Waals surface area contributed by atoms with Gasteiger partial charge in [0.05, 0.1) is 5.69 Å². The van der Waals surface area contributed by atoms with E-state index in [2.05, 4.69) is 38.1 Å². The predicted molar refractivity (Wildman–Crippen MR) is 110 cm³/mol. The summed E-state index contributed by atoms with van der Waals surface area (Å²) < 4.78 is 0. The van der Waals surface area contributed by atoms with E-state index in [0.717, 1.165) is 21.9 Å². The van der Waals surface area contributed by atoms with Gasteiger partial charge in [-0.2, -0.15) is 5.21 Å². The summed E-state index contributed by atoms with van der Waals surface area (Å²) >= 11 is 1.69. The number of rotatable bonds is 6. The molecule has 0 aliphatic carbocycles. The van der Waals surface area contributed by atoms with Crippen molar-refractivity contribution >= 4 is 23.4 Å². The first-order chi connectivity index (χ1) is 13.8. The van der Waals surface area contributed by atoms with Crippen LogP contribution in [0.2, 0.25) is 0 Å². The number of nitrogens with zero attached hydrogens (tertiary/aromatic N) is 3. The molecule has 3 aromatic carbocycles. The molecule has 1 amide bonds. The van der Waals surface area contributed by atoms with Gasteiger partial charge in [0.15, 0.2) is 0 Å². The topological polar surface area (TPSA) is 83.6 Å². The lowest BCUT2D eigenvalue weighted by Gasteiger charge is -2.11. The van der Waals surface area contributed by atoms with E-state index in [0.29, 0.717) is 11.4 Å². The van der Waals surface area contributed by atoms with E-state index in [1.165, 1.54) is 5.56 Å². The molecule has 2 N–H and O–H groups in total. The summed E-state index contributed by atoms with van der Waals surface area (Å²) in [6.07, 6.45) is 0. The minimum absolute atomic E-state index is 0.182. The lowest BCUT2D eigenvalue weighted by atomic mass is 10.1. The van der Waals surface area contributed by atoms with Crippen LogP contribution in [0.5, 0.6) is 0 Å². The maximum Gasteiger partial charge on any atom is 0.255 e. The van der Waals surface area contributed by atoms with E-state index in [1.807, 2.05) is 48.5 Å². The van der Waals surface area contributed by atoms with Crippen molar-refractivity contribution in [2.75, 3.05) is 5.32 Å². The summed E-state index contributed by atoms with van der Waals surface area (Å²) in [7, 11) is 0. The lowest BCUT2D eigenvalue weighted by molar-refractivity contribution is 0.102. The Bertz CT molecular complexity index is 1070. The van der Waals surface area contributed by atoms with Crippen LogP contribution in [-0.4, -0.2) is 26.5 Å². The first kappa shape index (κ1) is 17.9. The molecule has 4 rings (SSSR count). The molecule has 0 unspecified atom stereocenters.